The molecule has 94 valence electrons. The molecule has 2 rings (SSSR count). The van der Waals surface area contributed by atoms with Crippen LogP contribution in [0.1, 0.15) is 20.3 Å². The number of fused-ring (bicyclic) bond motifs is 1. The number of benzene rings is 1. The number of hydrogen-bond acceptors (Lipinski definition) is 1. The lowest BCUT2D eigenvalue weighted by atomic mass is 10.1. The molecule has 1 aromatic heterocycles. The third kappa shape index (κ3) is 2.74. The van der Waals surface area contributed by atoms with Crippen molar-refractivity contribution in [2.24, 2.45) is 0 Å². The predicted molar refractivity (Wildman–Crippen MR) is 76.8 cm³/mol. The van der Waals surface area contributed by atoms with E-state index < -0.39 is 5.60 Å². The van der Waals surface area contributed by atoms with Gasteiger partial charge in [0, 0.05) is 28.1 Å². The highest BCUT2D eigenvalue weighted by Crippen LogP contribution is 2.30. The molecule has 1 N–H and O–H groups in total. The van der Waals surface area contributed by atoms with Crippen molar-refractivity contribution in [2.75, 3.05) is 0 Å². The summed E-state index contributed by atoms with van der Waals surface area (Å²) in [6, 6.07) is 5.66. The standard InChI is InChI=1S/C14H15BrN2O/c1-14(2,18)6-7-17-9-12(15)11-8-10(16-3)4-5-13(11)17/h4-5,8-9,18H,6-7H2,1-2H3. The Morgan fingerprint density at radius 1 is 1.44 bits per heavy atom. The maximum Gasteiger partial charge on any atom is 0.188 e. The van der Waals surface area contributed by atoms with E-state index in [1.807, 2.05) is 38.2 Å². The fraction of sp³-hybridized carbons (Fsp3) is 0.357. The summed E-state index contributed by atoms with van der Waals surface area (Å²) in [7, 11) is 0. The van der Waals surface area contributed by atoms with Gasteiger partial charge in [0.2, 0.25) is 0 Å². The Balaban J connectivity index is 2.39. The van der Waals surface area contributed by atoms with E-state index >= 15 is 0 Å². The zero-order chi connectivity index (χ0) is 13.3. The highest BCUT2D eigenvalue weighted by Gasteiger charge is 2.14. The number of nitrogens with zero attached hydrogens (tertiary/aromatic N) is 2. The highest BCUT2D eigenvalue weighted by atomic mass is 79.9. The molecule has 4 heteroatoms. The third-order valence-electron chi connectivity index (χ3n) is 2.91. The summed E-state index contributed by atoms with van der Waals surface area (Å²) in [4.78, 5) is 3.44. The Labute approximate surface area is 115 Å². The van der Waals surface area contributed by atoms with Crippen molar-refractivity contribution < 1.29 is 5.11 Å². The summed E-state index contributed by atoms with van der Waals surface area (Å²) in [6.45, 7) is 11.4. The second-order valence-electron chi connectivity index (χ2n) is 5.05. The number of aromatic nitrogens is 1. The molecule has 0 atom stereocenters. The third-order valence-corrected chi connectivity index (χ3v) is 3.54. The Bertz CT molecular complexity index is 617. The molecule has 3 nitrogen and oxygen atoms in total. The van der Waals surface area contributed by atoms with Gasteiger partial charge in [-0.1, -0.05) is 6.07 Å². The van der Waals surface area contributed by atoms with Crippen LogP contribution in [0, 0.1) is 6.57 Å². The predicted octanol–water partition coefficient (Wildman–Crippen LogP) is 4.12. The molecule has 2 aromatic rings. The first kappa shape index (κ1) is 13.1. The van der Waals surface area contributed by atoms with Crippen molar-refractivity contribution in [2.45, 2.75) is 32.4 Å². The lowest BCUT2D eigenvalue weighted by Gasteiger charge is -2.17. The van der Waals surface area contributed by atoms with Gasteiger partial charge in [-0.15, -0.1) is 0 Å². The molecule has 0 saturated carbocycles. The van der Waals surface area contributed by atoms with Crippen LogP contribution in [0.15, 0.2) is 28.9 Å². The molecule has 0 aliphatic heterocycles. The SMILES string of the molecule is [C-]#[N+]c1ccc2c(c1)c(Br)cn2CCC(C)(C)O. The molecule has 0 amide bonds. The van der Waals surface area contributed by atoms with Gasteiger partial charge in [-0.05, 0) is 48.3 Å². The number of halogens is 1. The minimum atomic E-state index is -0.667. The van der Waals surface area contributed by atoms with Crippen LogP contribution in [-0.2, 0) is 6.54 Å². The Morgan fingerprint density at radius 3 is 2.78 bits per heavy atom. The van der Waals surface area contributed by atoms with E-state index in [1.165, 1.54) is 0 Å². The summed E-state index contributed by atoms with van der Waals surface area (Å²) in [5.41, 5.74) is 1.06. The number of aryl methyl sites for hydroxylation is 1. The van der Waals surface area contributed by atoms with Crippen LogP contribution in [0.5, 0.6) is 0 Å². The summed E-state index contributed by atoms with van der Waals surface area (Å²) >= 11 is 3.52. The van der Waals surface area contributed by atoms with E-state index in [2.05, 4.69) is 25.3 Å². The minimum absolute atomic E-state index is 0.642. The van der Waals surface area contributed by atoms with Crippen LogP contribution in [0.4, 0.5) is 5.69 Å². The monoisotopic (exact) mass is 306 g/mol. The normalized spacial score (nSPS) is 11.7. The van der Waals surface area contributed by atoms with Gasteiger partial charge < -0.3 is 9.67 Å². The number of hydrogen-bond donors (Lipinski definition) is 1. The van der Waals surface area contributed by atoms with E-state index in [9.17, 15) is 5.11 Å². The number of rotatable bonds is 3. The second kappa shape index (κ2) is 4.75. The van der Waals surface area contributed by atoms with Gasteiger partial charge in [0.15, 0.2) is 5.69 Å². The largest absolute Gasteiger partial charge is 0.390 e. The first-order valence-corrected chi connectivity index (χ1v) is 6.58. The summed E-state index contributed by atoms with van der Waals surface area (Å²) < 4.78 is 3.09. The lowest BCUT2D eigenvalue weighted by Crippen LogP contribution is -2.20. The minimum Gasteiger partial charge on any atom is -0.390 e. The fourth-order valence-electron chi connectivity index (χ4n) is 1.89. The van der Waals surface area contributed by atoms with Gasteiger partial charge in [-0.2, -0.15) is 0 Å². The first-order chi connectivity index (χ1) is 8.40. The van der Waals surface area contributed by atoms with Crippen molar-refractivity contribution in [1.29, 1.82) is 0 Å². The van der Waals surface area contributed by atoms with Gasteiger partial charge in [-0.3, -0.25) is 0 Å². The molecule has 1 aromatic carbocycles. The van der Waals surface area contributed by atoms with Gasteiger partial charge in [-0.25, -0.2) is 4.85 Å². The van der Waals surface area contributed by atoms with E-state index in [0.717, 1.165) is 21.9 Å². The molecule has 18 heavy (non-hydrogen) atoms. The van der Waals surface area contributed by atoms with E-state index in [4.69, 9.17) is 6.57 Å². The van der Waals surface area contributed by atoms with Crippen molar-refractivity contribution >= 4 is 32.5 Å². The molecule has 0 fully saturated rings. The molecule has 0 spiro atoms. The zero-order valence-electron chi connectivity index (χ0n) is 10.4. The van der Waals surface area contributed by atoms with Gasteiger partial charge in [0.1, 0.15) is 0 Å². The zero-order valence-corrected chi connectivity index (χ0v) is 12.0. The Kier molecular flexibility index (Phi) is 3.47. The van der Waals surface area contributed by atoms with Gasteiger partial charge in [0.05, 0.1) is 12.2 Å². The molecule has 0 radical (unpaired) electrons. The second-order valence-corrected chi connectivity index (χ2v) is 5.90. The van der Waals surface area contributed by atoms with E-state index in [1.54, 1.807) is 0 Å². The maximum atomic E-state index is 9.78. The van der Waals surface area contributed by atoms with Crippen molar-refractivity contribution in [1.82, 2.24) is 4.57 Å². The molecule has 0 aliphatic rings. The van der Waals surface area contributed by atoms with Gasteiger partial charge >= 0.3 is 0 Å². The summed E-state index contributed by atoms with van der Waals surface area (Å²) in [6.07, 6.45) is 2.69. The van der Waals surface area contributed by atoms with Crippen molar-refractivity contribution in [3.63, 3.8) is 0 Å². The molecule has 0 unspecified atom stereocenters. The van der Waals surface area contributed by atoms with Crippen LogP contribution in [0.3, 0.4) is 0 Å². The Morgan fingerprint density at radius 2 is 2.17 bits per heavy atom. The van der Waals surface area contributed by atoms with Gasteiger partial charge in [0.25, 0.3) is 0 Å². The maximum absolute atomic E-state index is 9.78. The highest BCUT2D eigenvalue weighted by molar-refractivity contribution is 9.10. The van der Waals surface area contributed by atoms with E-state index in [-0.39, 0.29) is 0 Å². The molecular weight excluding hydrogens is 292 g/mol. The van der Waals surface area contributed by atoms with E-state index in [0.29, 0.717) is 12.1 Å². The molecular formula is C14H15BrN2O. The Hall–Kier alpha value is -1.31. The molecule has 0 bridgehead atoms. The fourth-order valence-corrected chi connectivity index (χ4v) is 2.46. The first-order valence-electron chi connectivity index (χ1n) is 5.79. The average Bonchev–Trinajstić information content (AvgIpc) is 2.62. The molecule has 0 aliphatic carbocycles. The lowest BCUT2D eigenvalue weighted by molar-refractivity contribution is 0.0666. The van der Waals surface area contributed by atoms with Crippen LogP contribution in [0.2, 0.25) is 0 Å². The van der Waals surface area contributed by atoms with Crippen LogP contribution >= 0.6 is 15.9 Å². The van der Waals surface area contributed by atoms with Crippen LogP contribution in [0.25, 0.3) is 15.7 Å². The number of aliphatic hydroxyl groups is 1. The molecule has 0 saturated heterocycles. The summed E-state index contributed by atoms with van der Waals surface area (Å²) in [5.74, 6) is 0. The molecule has 1 heterocycles. The quantitative estimate of drug-likeness (QED) is 0.849. The van der Waals surface area contributed by atoms with Crippen molar-refractivity contribution in [3.05, 3.63) is 40.3 Å². The van der Waals surface area contributed by atoms with Crippen molar-refractivity contribution in [3.8, 4) is 0 Å². The smallest absolute Gasteiger partial charge is 0.188 e. The topological polar surface area (TPSA) is 29.5 Å². The average molecular weight is 307 g/mol. The summed E-state index contributed by atoms with van der Waals surface area (Å²) in [5, 5.41) is 10.8. The van der Waals surface area contributed by atoms with Crippen LogP contribution in [-0.4, -0.2) is 15.3 Å². The van der Waals surface area contributed by atoms with Crippen LogP contribution < -0.4 is 0 Å².